The maximum Gasteiger partial charge on any atom is 0.323 e. The molecule has 4 rings (SSSR count). The maximum absolute atomic E-state index is 13.4. The fourth-order valence-electron chi connectivity index (χ4n) is 4.70. The van der Waals surface area contributed by atoms with E-state index in [1.54, 1.807) is 60.2 Å². The SMILES string of the molecule is CC(C)NC(=O)N(C)C[C@H]1Oc2ccc(NC(=O)Nc3ccc4c(c3)OCO4)cc2CC(=O)N([C@H](C)CO)C[C@H]1C. The van der Waals surface area contributed by atoms with E-state index in [4.69, 9.17) is 14.2 Å². The number of nitrogens with zero attached hydrogens (tertiary/aromatic N) is 2. The molecule has 0 aromatic heterocycles. The Labute approximate surface area is 239 Å². The molecule has 222 valence electrons. The molecule has 0 bridgehead atoms. The number of likely N-dealkylation sites (N-methyl/N-ethyl adjacent to an activating group) is 1. The van der Waals surface area contributed by atoms with Crippen molar-refractivity contribution in [3.05, 3.63) is 42.0 Å². The minimum Gasteiger partial charge on any atom is -0.488 e. The number of benzene rings is 2. The number of hydrogen-bond acceptors (Lipinski definition) is 7. The van der Waals surface area contributed by atoms with Gasteiger partial charge in [-0.3, -0.25) is 4.79 Å². The van der Waals surface area contributed by atoms with Crippen LogP contribution in [0.1, 0.15) is 33.3 Å². The van der Waals surface area contributed by atoms with Crippen molar-refractivity contribution < 1.29 is 33.7 Å². The van der Waals surface area contributed by atoms with E-state index < -0.39 is 18.2 Å². The fraction of sp³-hybridized carbons (Fsp3) is 0.483. The molecule has 0 unspecified atom stereocenters. The van der Waals surface area contributed by atoms with Crippen molar-refractivity contribution in [1.82, 2.24) is 15.1 Å². The van der Waals surface area contributed by atoms with E-state index >= 15 is 0 Å². The molecule has 2 aromatic rings. The van der Waals surface area contributed by atoms with Gasteiger partial charge in [0.15, 0.2) is 11.5 Å². The van der Waals surface area contributed by atoms with Crippen molar-refractivity contribution in [3.8, 4) is 17.2 Å². The Bertz CT molecular complexity index is 1270. The Balaban J connectivity index is 1.55. The molecule has 2 heterocycles. The number of rotatable bonds is 7. The lowest BCUT2D eigenvalue weighted by molar-refractivity contribution is -0.134. The van der Waals surface area contributed by atoms with Gasteiger partial charge in [-0.15, -0.1) is 0 Å². The normalized spacial score (nSPS) is 18.8. The lowest BCUT2D eigenvalue weighted by Gasteiger charge is -2.34. The summed E-state index contributed by atoms with van der Waals surface area (Å²) in [6, 6.07) is 9.11. The summed E-state index contributed by atoms with van der Waals surface area (Å²) >= 11 is 0. The number of ether oxygens (including phenoxy) is 3. The van der Waals surface area contributed by atoms with Crippen LogP contribution in [0.4, 0.5) is 21.0 Å². The minimum absolute atomic E-state index is 0.0160. The Kier molecular flexibility index (Phi) is 9.43. The highest BCUT2D eigenvalue weighted by molar-refractivity contribution is 6.00. The van der Waals surface area contributed by atoms with Crippen molar-refractivity contribution in [3.63, 3.8) is 0 Å². The summed E-state index contributed by atoms with van der Waals surface area (Å²) in [5.74, 6) is 1.33. The van der Waals surface area contributed by atoms with Gasteiger partial charge in [0.05, 0.1) is 25.6 Å². The van der Waals surface area contributed by atoms with Crippen LogP contribution >= 0.6 is 0 Å². The van der Waals surface area contributed by atoms with Gasteiger partial charge in [-0.2, -0.15) is 0 Å². The minimum atomic E-state index is -0.473. The molecule has 4 N–H and O–H groups in total. The van der Waals surface area contributed by atoms with E-state index in [-0.39, 0.29) is 50.3 Å². The van der Waals surface area contributed by atoms with Gasteiger partial charge in [-0.25, -0.2) is 9.59 Å². The number of aliphatic hydroxyl groups is 1. The molecule has 2 aliphatic rings. The van der Waals surface area contributed by atoms with Crippen molar-refractivity contribution in [2.24, 2.45) is 5.92 Å². The molecule has 2 aliphatic heterocycles. The zero-order valence-corrected chi connectivity index (χ0v) is 24.1. The molecule has 3 atom stereocenters. The number of urea groups is 2. The number of carbonyl (C=O) groups is 3. The number of carbonyl (C=O) groups excluding carboxylic acids is 3. The molecule has 12 heteroatoms. The van der Waals surface area contributed by atoms with E-state index in [2.05, 4.69) is 16.0 Å². The molecular weight excluding hydrogens is 530 g/mol. The summed E-state index contributed by atoms with van der Waals surface area (Å²) in [4.78, 5) is 42.0. The molecular formula is C29H39N5O7. The van der Waals surface area contributed by atoms with Crippen LogP contribution in [0.25, 0.3) is 0 Å². The third-order valence-electron chi connectivity index (χ3n) is 7.02. The third kappa shape index (κ3) is 7.51. The van der Waals surface area contributed by atoms with Crippen molar-refractivity contribution in [2.45, 2.75) is 52.3 Å². The first kappa shape index (κ1) is 29.8. The van der Waals surface area contributed by atoms with Crippen molar-refractivity contribution in [2.75, 3.05) is 44.2 Å². The van der Waals surface area contributed by atoms with Gasteiger partial charge in [0.1, 0.15) is 11.9 Å². The summed E-state index contributed by atoms with van der Waals surface area (Å²) in [5.41, 5.74) is 1.58. The van der Waals surface area contributed by atoms with Gasteiger partial charge in [0.2, 0.25) is 12.7 Å². The lowest BCUT2D eigenvalue weighted by atomic mass is 10.0. The molecule has 0 saturated carbocycles. The Hall–Kier alpha value is -4.19. The number of fused-ring (bicyclic) bond motifs is 2. The predicted octanol–water partition coefficient (Wildman–Crippen LogP) is 3.26. The molecule has 0 saturated heterocycles. The highest BCUT2D eigenvalue weighted by Gasteiger charge is 2.32. The van der Waals surface area contributed by atoms with Gasteiger partial charge in [-0.1, -0.05) is 6.92 Å². The second kappa shape index (κ2) is 13.0. The van der Waals surface area contributed by atoms with Gasteiger partial charge < -0.3 is 45.1 Å². The summed E-state index contributed by atoms with van der Waals surface area (Å²) in [6.07, 6.45) is -0.425. The highest BCUT2D eigenvalue weighted by Crippen LogP contribution is 2.34. The predicted molar refractivity (Wildman–Crippen MR) is 153 cm³/mol. The second-order valence-electron chi connectivity index (χ2n) is 10.8. The number of aliphatic hydroxyl groups excluding tert-OH is 1. The average molecular weight is 570 g/mol. The molecule has 5 amide bonds. The van der Waals surface area contributed by atoms with Gasteiger partial charge in [0, 0.05) is 48.6 Å². The van der Waals surface area contributed by atoms with Crippen LogP contribution in [0, 0.1) is 5.92 Å². The van der Waals surface area contributed by atoms with Crippen LogP contribution < -0.4 is 30.2 Å². The van der Waals surface area contributed by atoms with Crippen LogP contribution in [0.3, 0.4) is 0 Å². The topological polar surface area (TPSA) is 142 Å². The van der Waals surface area contributed by atoms with E-state index in [1.165, 1.54) is 0 Å². The van der Waals surface area contributed by atoms with Crippen LogP contribution in [0.15, 0.2) is 36.4 Å². The molecule has 12 nitrogen and oxygen atoms in total. The smallest absolute Gasteiger partial charge is 0.323 e. The zero-order chi connectivity index (χ0) is 29.7. The van der Waals surface area contributed by atoms with Crippen LogP contribution in [0.2, 0.25) is 0 Å². The summed E-state index contributed by atoms with van der Waals surface area (Å²) in [6.45, 7) is 8.12. The van der Waals surface area contributed by atoms with E-state index in [0.717, 1.165) is 0 Å². The van der Waals surface area contributed by atoms with Gasteiger partial charge in [-0.05, 0) is 51.1 Å². The Morgan fingerprint density at radius 2 is 1.71 bits per heavy atom. The number of amides is 5. The average Bonchev–Trinajstić information content (AvgIpc) is 3.40. The molecule has 0 radical (unpaired) electrons. The van der Waals surface area contributed by atoms with E-state index in [0.29, 0.717) is 40.7 Å². The molecule has 2 aromatic carbocycles. The summed E-state index contributed by atoms with van der Waals surface area (Å²) < 4.78 is 17.1. The quantitative estimate of drug-likeness (QED) is 0.401. The van der Waals surface area contributed by atoms with Crippen molar-refractivity contribution >= 4 is 29.3 Å². The number of anilines is 2. The van der Waals surface area contributed by atoms with E-state index in [9.17, 15) is 19.5 Å². The zero-order valence-electron chi connectivity index (χ0n) is 24.1. The molecule has 0 fully saturated rings. The number of nitrogens with one attached hydrogen (secondary N) is 3. The number of hydrogen-bond donors (Lipinski definition) is 4. The Morgan fingerprint density at radius 1 is 1.05 bits per heavy atom. The first-order valence-electron chi connectivity index (χ1n) is 13.7. The highest BCUT2D eigenvalue weighted by atomic mass is 16.7. The van der Waals surface area contributed by atoms with Gasteiger partial charge >= 0.3 is 12.1 Å². The lowest BCUT2D eigenvalue weighted by Crippen LogP contribution is -2.49. The largest absolute Gasteiger partial charge is 0.488 e. The van der Waals surface area contributed by atoms with Crippen molar-refractivity contribution in [1.29, 1.82) is 0 Å². The van der Waals surface area contributed by atoms with Crippen LogP contribution in [-0.4, -0.2) is 84.6 Å². The fourth-order valence-corrected chi connectivity index (χ4v) is 4.70. The van der Waals surface area contributed by atoms with Crippen LogP contribution in [0.5, 0.6) is 17.2 Å². The van der Waals surface area contributed by atoms with E-state index in [1.807, 2.05) is 20.8 Å². The summed E-state index contributed by atoms with van der Waals surface area (Å²) in [5, 5.41) is 18.3. The summed E-state index contributed by atoms with van der Waals surface area (Å²) in [7, 11) is 1.70. The monoisotopic (exact) mass is 569 g/mol. The Morgan fingerprint density at radius 3 is 2.39 bits per heavy atom. The second-order valence-corrected chi connectivity index (χ2v) is 10.8. The molecule has 0 spiro atoms. The standard InChI is InChI=1S/C29H39N5O7/c1-17(2)30-29(38)33(5)14-26-18(3)13-34(19(4)15-35)27(36)11-20-10-21(6-8-23(20)41-26)31-28(37)32-22-7-9-24-25(12-22)40-16-39-24/h6-10,12,17-19,26,35H,11,13-16H2,1-5H3,(H,30,38)(H2,31,32,37)/t18-,19-,26-/m1/s1. The van der Waals surface area contributed by atoms with Crippen LogP contribution in [-0.2, 0) is 11.2 Å². The third-order valence-corrected chi connectivity index (χ3v) is 7.02. The first-order valence-corrected chi connectivity index (χ1v) is 13.7. The molecule has 41 heavy (non-hydrogen) atoms. The molecule has 0 aliphatic carbocycles. The first-order chi connectivity index (χ1) is 19.5. The maximum atomic E-state index is 13.4. The van der Waals surface area contributed by atoms with Gasteiger partial charge in [0.25, 0.3) is 0 Å².